The van der Waals surface area contributed by atoms with Gasteiger partial charge in [-0.05, 0) is 74.6 Å². The molecule has 4 fully saturated rings. The molecule has 24 heavy (non-hydrogen) atoms. The van der Waals surface area contributed by atoms with Crippen LogP contribution >= 0.6 is 0 Å². The Balaban J connectivity index is 1.51. The number of methoxy groups -OCH3 is 1. The van der Waals surface area contributed by atoms with Gasteiger partial charge < -0.3 is 15.2 Å². The van der Waals surface area contributed by atoms with Crippen LogP contribution in [0.4, 0.5) is 5.69 Å². The van der Waals surface area contributed by atoms with Crippen molar-refractivity contribution in [2.24, 2.45) is 17.3 Å². The first kappa shape index (κ1) is 15.6. The highest BCUT2D eigenvalue weighted by molar-refractivity contribution is 5.96. The first-order valence-electron chi connectivity index (χ1n) is 8.64. The Labute approximate surface area is 141 Å². The molecule has 1 aromatic carbocycles. The molecule has 0 heterocycles. The molecule has 4 aliphatic rings. The van der Waals surface area contributed by atoms with Gasteiger partial charge in [-0.2, -0.15) is 0 Å². The molecule has 4 atom stereocenters. The van der Waals surface area contributed by atoms with Crippen LogP contribution in [0.5, 0.6) is 0 Å². The fourth-order valence-electron chi connectivity index (χ4n) is 5.55. The van der Waals surface area contributed by atoms with Gasteiger partial charge in [0.1, 0.15) is 0 Å². The summed E-state index contributed by atoms with van der Waals surface area (Å²) in [4.78, 5) is 24.4. The molecular weight excluding hydrogens is 306 g/mol. The van der Waals surface area contributed by atoms with Crippen molar-refractivity contribution in [2.75, 3.05) is 12.4 Å². The minimum Gasteiger partial charge on any atom is -0.465 e. The van der Waals surface area contributed by atoms with Gasteiger partial charge in [-0.3, -0.25) is 4.79 Å². The van der Waals surface area contributed by atoms with Crippen LogP contribution in [0.3, 0.4) is 0 Å². The van der Waals surface area contributed by atoms with Crippen molar-refractivity contribution in [3.05, 3.63) is 29.8 Å². The second-order valence-corrected chi connectivity index (χ2v) is 7.99. The number of esters is 1. The number of amides is 1. The van der Waals surface area contributed by atoms with Gasteiger partial charge in [0.25, 0.3) is 0 Å². The molecule has 4 aliphatic carbocycles. The Morgan fingerprint density at radius 3 is 2.29 bits per heavy atom. The summed E-state index contributed by atoms with van der Waals surface area (Å²) in [5.74, 6) is 0.574. The number of hydrogen-bond donors (Lipinski definition) is 2. The highest BCUT2D eigenvalue weighted by Gasteiger charge is 2.60. The molecule has 2 unspecified atom stereocenters. The summed E-state index contributed by atoms with van der Waals surface area (Å²) in [6, 6.07) is 6.74. The van der Waals surface area contributed by atoms with Crippen LogP contribution < -0.4 is 5.32 Å². The smallest absolute Gasteiger partial charge is 0.337 e. The van der Waals surface area contributed by atoms with Crippen LogP contribution in [-0.2, 0) is 9.53 Å². The molecule has 4 bridgehead atoms. The Morgan fingerprint density at radius 1 is 1.12 bits per heavy atom. The number of anilines is 1. The van der Waals surface area contributed by atoms with E-state index in [-0.39, 0.29) is 5.91 Å². The van der Waals surface area contributed by atoms with Crippen LogP contribution in [0.1, 0.15) is 48.9 Å². The number of ether oxygens (including phenoxy) is 1. The van der Waals surface area contributed by atoms with Crippen molar-refractivity contribution in [3.8, 4) is 0 Å². The third-order valence-corrected chi connectivity index (χ3v) is 6.08. The van der Waals surface area contributed by atoms with E-state index in [2.05, 4.69) is 10.1 Å². The summed E-state index contributed by atoms with van der Waals surface area (Å²) in [6.45, 7) is 0. The van der Waals surface area contributed by atoms with Crippen molar-refractivity contribution < 1.29 is 19.4 Å². The fraction of sp³-hybridized carbons (Fsp3) is 0.579. The Kier molecular flexibility index (Phi) is 3.46. The van der Waals surface area contributed by atoms with Crippen LogP contribution in [-0.4, -0.2) is 29.7 Å². The second-order valence-electron chi connectivity index (χ2n) is 7.99. The summed E-state index contributed by atoms with van der Waals surface area (Å²) >= 11 is 0. The normalized spacial score (nSPS) is 36.4. The summed E-state index contributed by atoms with van der Waals surface area (Å²) in [7, 11) is 1.34. The summed E-state index contributed by atoms with van der Waals surface area (Å²) < 4.78 is 4.68. The first-order chi connectivity index (χ1) is 11.4. The SMILES string of the molecule is COC(=O)c1ccc(NC(=O)C23C[C@@H]4C[C@@H](CC(O)(C4)C2)C3)cc1. The van der Waals surface area contributed by atoms with Gasteiger partial charge in [0.2, 0.25) is 5.91 Å². The Morgan fingerprint density at radius 2 is 1.75 bits per heavy atom. The maximum Gasteiger partial charge on any atom is 0.337 e. The van der Waals surface area contributed by atoms with E-state index in [1.54, 1.807) is 24.3 Å². The van der Waals surface area contributed by atoms with Gasteiger partial charge in [0, 0.05) is 5.69 Å². The summed E-state index contributed by atoms with van der Waals surface area (Å²) in [5.41, 5.74) is 0.0609. The summed E-state index contributed by atoms with van der Waals surface area (Å²) in [6.07, 6.45) is 5.22. The molecule has 5 nitrogen and oxygen atoms in total. The Hall–Kier alpha value is -1.88. The summed E-state index contributed by atoms with van der Waals surface area (Å²) in [5, 5.41) is 13.8. The topological polar surface area (TPSA) is 75.6 Å². The van der Waals surface area contributed by atoms with Gasteiger partial charge in [-0.15, -0.1) is 0 Å². The van der Waals surface area contributed by atoms with Crippen molar-refractivity contribution >= 4 is 17.6 Å². The molecular formula is C19H23NO4. The molecule has 0 radical (unpaired) electrons. The number of nitrogens with one attached hydrogen (secondary N) is 1. The predicted molar refractivity (Wildman–Crippen MR) is 88.5 cm³/mol. The van der Waals surface area contributed by atoms with E-state index in [1.165, 1.54) is 7.11 Å². The highest BCUT2D eigenvalue weighted by atomic mass is 16.5. The number of aliphatic hydroxyl groups is 1. The average molecular weight is 329 g/mol. The molecule has 2 N–H and O–H groups in total. The van der Waals surface area contributed by atoms with Crippen LogP contribution in [0.15, 0.2) is 24.3 Å². The van der Waals surface area contributed by atoms with Crippen molar-refractivity contribution in [2.45, 2.75) is 44.1 Å². The zero-order valence-electron chi connectivity index (χ0n) is 13.9. The van der Waals surface area contributed by atoms with Gasteiger partial charge in [0.15, 0.2) is 0 Å². The monoisotopic (exact) mass is 329 g/mol. The molecule has 128 valence electrons. The second kappa shape index (κ2) is 5.31. The van der Waals surface area contributed by atoms with E-state index < -0.39 is 17.0 Å². The standard InChI is InChI=1S/C19H23NO4/c1-24-16(21)14-2-4-15(5-3-14)20-17(22)18-7-12-6-13(8-18)10-19(23,9-12)11-18/h2-5,12-13,23H,6-11H2,1H3,(H,20,22)/t12-,13+,18?,19?. The lowest BCUT2D eigenvalue weighted by atomic mass is 9.47. The number of benzene rings is 1. The molecule has 0 aromatic heterocycles. The lowest BCUT2D eigenvalue weighted by molar-refractivity contribution is -0.174. The third kappa shape index (κ3) is 2.51. The van der Waals surface area contributed by atoms with Crippen LogP contribution in [0.25, 0.3) is 0 Å². The molecule has 5 rings (SSSR count). The van der Waals surface area contributed by atoms with Crippen molar-refractivity contribution in [3.63, 3.8) is 0 Å². The predicted octanol–water partition coefficient (Wildman–Crippen LogP) is 2.74. The van der Waals surface area contributed by atoms with E-state index in [9.17, 15) is 14.7 Å². The maximum absolute atomic E-state index is 13.0. The maximum atomic E-state index is 13.0. The van der Waals surface area contributed by atoms with Crippen LogP contribution in [0, 0.1) is 17.3 Å². The van der Waals surface area contributed by atoms with E-state index in [1.807, 2.05) is 0 Å². The molecule has 0 aliphatic heterocycles. The van der Waals surface area contributed by atoms with Crippen molar-refractivity contribution in [1.82, 2.24) is 0 Å². The molecule has 0 saturated heterocycles. The molecule has 0 spiro atoms. The van der Waals surface area contributed by atoms with Gasteiger partial charge in [-0.1, -0.05) is 0 Å². The Bertz CT molecular complexity index is 667. The lowest BCUT2D eigenvalue weighted by Crippen LogP contribution is -2.59. The van der Waals surface area contributed by atoms with Gasteiger partial charge >= 0.3 is 5.97 Å². The third-order valence-electron chi connectivity index (χ3n) is 6.08. The zero-order chi connectivity index (χ0) is 16.9. The van der Waals surface area contributed by atoms with Crippen LogP contribution in [0.2, 0.25) is 0 Å². The molecule has 4 saturated carbocycles. The number of rotatable bonds is 3. The minimum atomic E-state index is -0.643. The molecule has 1 aromatic rings. The number of hydrogen-bond acceptors (Lipinski definition) is 4. The first-order valence-corrected chi connectivity index (χ1v) is 8.64. The number of carbonyl (C=O) groups excluding carboxylic acids is 2. The van der Waals surface area contributed by atoms with Crippen molar-refractivity contribution in [1.29, 1.82) is 0 Å². The lowest BCUT2D eigenvalue weighted by Gasteiger charge is -2.59. The number of carbonyl (C=O) groups is 2. The molecule has 5 heteroatoms. The minimum absolute atomic E-state index is 0.0147. The van der Waals surface area contributed by atoms with Gasteiger partial charge in [0.05, 0.1) is 23.7 Å². The van der Waals surface area contributed by atoms with E-state index in [4.69, 9.17) is 0 Å². The van der Waals surface area contributed by atoms with E-state index >= 15 is 0 Å². The average Bonchev–Trinajstić information content (AvgIpc) is 2.52. The van der Waals surface area contributed by atoms with Gasteiger partial charge in [-0.25, -0.2) is 4.79 Å². The largest absolute Gasteiger partial charge is 0.465 e. The quantitative estimate of drug-likeness (QED) is 0.836. The highest BCUT2D eigenvalue weighted by Crippen LogP contribution is 2.61. The van der Waals surface area contributed by atoms with E-state index in [0.29, 0.717) is 29.5 Å². The molecule has 1 amide bonds. The zero-order valence-corrected chi connectivity index (χ0v) is 13.9. The fourth-order valence-corrected chi connectivity index (χ4v) is 5.55. The van der Waals surface area contributed by atoms with E-state index in [0.717, 1.165) is 32.1 Å².